The summed E-state index contributed by atoms with van der Waals surface area (Å²) in [4.78, 5) is 14.2. The highest BCUT2D eigenvalue weighted by Gasteiger charge is 2.20. The van der Waals surface area contributed by atoms with E-state index in [4.69, 9.17) is 0 Å². The van der Waals surface area contributed by atoms with Crippen LogP contribution in [0.4, 0.5) is 0 Å². The van der Waals surface area contributed by atoms with Crippen molar-refractivity contribution in [3.8, 4) is 0 Å². The minimum Gasteiger partial charge on any atom is -0.355 e. The molecule has 0 fully saturated rings. The van der Waals surface area contributed by atoms with E-state index in [0.29, 0.717) is 13.0 Å². The van der Waals surface area contributed by atoms with Gasteiger partial charge in [0.1, 0.15) is 0 Å². The van der Waals surface area contributed by atoms with Crippen molar-refractivity contribution in [1.82, 2.24) is 20.0 Å². The van der Waals surface area contributed by atoms with E-state index < -0.39 is 0 Å². The lowest BCUT2D eigenvalue weighted by molar-refractivity contribution is -0.120. The maximum absolute atomic E-state index is 12.1. The van der Waals surface area contributed by atoms with E-state index in [1.807, 2.05) is 39.7 Å². The Kier molecular flexibility index (Phi) is 5.34. The van der Waals surface area contributed by atoms with Gasteiger partial charge >= 0.3 is 0 Å². The van der Waals surface area contributed by atoms with Crippen LogP contribution >= 0.6 is 0 Å². The van der Waals surface area contributed by atoms with Crippen molar-refractivity contribution in [2.75, 3.05) is 27.2 Å². The van der Waals surface area contributed by atoms with E-state index in [1.54, 1.807) is 0 Å². The number of carbonyl (C=O) groups is 1. The van der Waals surface area contributed by atoms with Gasteiger partial charge in [0.05, 0.1) is 12.1 Å². The maximum atomic E-state index is 12.1. The third-order valence-electron chi connectivity index (χ3n) is 3.50. The monoisotopic (exact) mass is 280 g/mol. The Balaban J connectivity index is 2.56. The van der Waals surface area contributed by atoms with Gasteiger partial charge in [-0.05, 0) is 33.4 Å². The molecule has 0 saturated heterocycles. The van der Waals surface area contributed by atoms with E-state index in [-0.39, 0.29) is 11.3 Å². The second kappa shape index (κ2) is 6.39. The van der Waals surface area contributed by atoms with Gasteiger partial charge in [-0.25, -0.2) is 0 Å². The molecule has 20 heavy (non-hydrogen) atoms. The van der Waals surface area contributed by atoms with Crippen molar-refractivity contribution in [3.63, 3.8) is 0 Å². The number of amides is 1. The number of aromatic nitrogens is 2. The van der Waals surface area contributed by atoms with Crippen LogP contribution < -0.4 is 5.32 Å². The molecule has 0 aromatic carbocycles. The Hall–Kier alpha value is -1.36. The zero-order valence-corrected chi connectivity index (χ0v) is 13.9. The molecule has 0 aliphatic heterocycles. The van der Waals surface area contributed by atoms with Crippen LogP contribution in [-0.4, -0.2) is 47.8 Å². The number of nitrogens with zero attached hydrogens (tertiary/aromatic N) is 3. The Morgan fingerprint density at radius 2 is 1.95 bits per heavy atom. The number of rotatable bonds is 6. The largest absolute Gasteiger partial charge is 0.355 e. The molecule has 1 rings (SSSR count). The third-order valence-corrected chi connectivity index (χ3v) is 3.50. The summed E-state index contributed by atoms with van der Waals surface area (Å²) in [7, 11) is 6.00. The minimum absolute atomic E-state index is 0.0658. The molecule has 1 heterocycles. The molecule has 5 heteroatoms. The summed E-state index contributed by atoms with van der Waals surface area (Å²) in [5.41, 5.74) is 3.10. The third kappa shape index (κ3) is 4.63. The molecule has 0 bridgehead atoms. The summed E-state index contributed by atoms with van der Waals surface area (Å²) in [6.07, 6.45) is 0.406. The first-order chi connectivity index (χ1) is 9.12. The van der Waals surface area contributed by atoms with Gasteiger partial charge in [0, 0.05) is 31.4 Å². The molecular weight excluding hydrogens is 252 g/mol. The van der Waals surface area contributed by atoms with Gasteiger partial charge in [0.15, 0.2) is 0 Å². The molecule has 0 unspecified atom stereocenters. The van der Waals surface area contributed by atoms with Crippen molar-refractivity contribution >= 4 is 5.91 Å². The summed E-state index contributed by atoms with van der Waals surface area (Å²) in [6.45, 7) is 9.90. The zero-order valence-electron chi connectivity index (χ0n) is 13.9. The summed E-state index contributed by atoms with van der Waals surface area (Å²) < 4.78 is 1.83. The van der Waals surface area contributed by atoms with Crippen LogP contribution in [-0.2, 0) is 18.3 Å². The fourth-order valence-electron chi connectivity index (χ4n) is 2.55. The van der Waals surface area contributed by atoms with Crippen LogP contribution in [0.3, 0.4) is 0 Å². The van der Waals surface area contributed by atoms with Gasteiger partial charge < -0.3 is 10.2 Å². The second-order valence-electron chi connectivity index (χ2n) is 6.63. The first kappa shape index (κ1) is 16.7. The number of hydrogen-bond acceptors (Lipinski definition) is 3. The maximum Gasteiger partial charge on any atom is 0.224 e. The molecule has 1 N–H and O–H groups in total. The molecular formula is C15H28N4O. The molecule has 114 valence electrons. The highest BCUT2D eigenvalue weighted by molar-refractivity contribution is 5.79. The Bertz CT molecular complexity index is 474. The fraction of sp³-hybridized carbons (Fsp3) is 0.733. The molecule has 1 aromatic rings. The van der Waals surface area contributed by atoms with Crippen LogP contribution in [0.1, 0.15) is 30.8 Å². The first-order valence-electron chi connectivity index (χ1n) is 7.03. The average molecular weight is 280 g/mol. The number of nitrogens with one attached hydrogen (secondary N) is 1. The Labute approximate surface area is 122 Å². The molecule has 1 aromatic heterocycles. The minimum atomic E-state index is 0.0658. The molecule has 1 amide bonds. The highest BCUT2D eigenvalue weighted by atomic mass is 16.1. The fourth-order valence-corrected chi connectivity index (χ4v) is 2.55. The van der Waals surface area contributed by atoms with Crippen molar-refractivity contribution in [3.05, 3.63) is 17.0 Å². The van der Waals surface area contributed by atoms with Crippen molar-refractivity contribution in [2.45, 2.75) is 34.1 Å². The highest BCUT2D eigenvalue weighted by Crippen LogP contribution is 2.15. The number of aryl methyl sites for hydroxylation is 2. The standard InChI is InChI=1S/C15H28N4O/c1-11-13(12(2)19(7)17-11)8-14(20)16-9-15(3,4)10-18(5)6/h8-10H2,1-7H3,(H,16,20). The van der Waals surface area contributed by atoms with E-state index >= 15 is 0 Å². The smallest absolute Gasteiger partial charge is 0.224 e. The van der Waals surface area contributed by atoms with E-state index in [1.165, 1.54) is 0 Å². The van der Waals surface area contributed by atoms with Gasteiger partial charge in [0.25, 0.3) is 0 Å². The lowest BCUT2D eigenvalue weighted by atomic mass is 9.93. The van der Waals surface area contributed by atoms with Crippen LogP contribution in [0.25, 0.3) is 0 Å². The summed E-state index contributed by atoms with van der Waals surface area (Å²) >= 11 is 0. The molecule has 0 saturated carbocycles. The van der Waals surface area contributed by atoms with Crippen LogP contribution in [0.2, 0.25) is 0 Å². The van der Waals surface area contributed by atoms with Crippen molar-refractivity contribution in [1.29, 1.82) is 0 Å². The van der Waals surface area contributed by atoms with Gasteiger partial charge in [-0.15, -0.1) is 0 Å². The lowest BCUT2D eigenvalue weighted by Gasteiger charge is -2.28. The van der Waals surface area contributed by atoms with Crippen LogP contribution in [0.5, 0.6) is 0 Å². The van der Waals surface area contributed by atoms with Crippen molar-refractivity contribution < 1.29 is 4.79 Å². The van der Waals surface area contributed by atoms with Gasteiger partial charge in [0.2, 0.25) is 5.91 Å². The van der Waals surface area contributed by atoms with Crippen molar-refractivity contribution in [2.24, 2.45) is 12.5 Å². The predicted octanol–water partition coefficient (Wildman–Crippen LogP) is 1.28. The molecule has 0 spiro atoms. The zero-order chi connectivity index (χ0) is 15.5. The van der Waals surface area contributed by atoms with Crippen LogP contribution in [0, 0.1) is 19.3 Å². The Morgan fingerprint density at radius 1 is 1.35 bits per heavy atom. The molecule has 0 atom stereocenters. The summed E-state index contributed by atoms with van der Waals surface area (Å²) in [5.74, 6) is 0.0658. The van der Waals surface area contributed by atoms with E-state index in [9.17, 15) is 4.79 Å². The van der Waals surface area contributed by atoms with Gasteiger partial charge in [-0.1, -0.05) is 13.8 Å². The second-order valence-corrected chi connectivity index (χ2v) is 6.63. The normalized spacial score (nSPS) is 12.0. The average Bonchev–Trinajstić information content (AvgIpc) is 2.52. The van der Waals surface area contributed by atoms with E-state index in [0.717, 1.165) is 23.5 Å². The molecule has 0 radical (unpaired) electrons. The quantitative estimate of drug-likeness (QED) is 0.854. The molecule has 0 aliphatic rings. The lowest BCUT2D eigenvalue weighted by Crippen LogP contribution is -2.40. The topological polar surface area (TPSA) is 50.2 Å². The van der Waals surface area contributed by atoms with E-state index in [2.05, 4.69) is 29.2 Å². The molecule has 5 nitrogen and oxygen atoms in total. The Morgan fingerprint density at radius 3 is 2.40 bits per heavy atom. The SMILES string of the molecule is Cc1nn(C)c(C)c1CC(=O)NCC(C)(C)CN(C)C. The molecule has 0 aliphatic carbocycles. The van der Waals surface area contributed by atoms with Gasteiger partial charge in [-0.3, -0.25) is 9.48 Å². The number of hydrogen-bond donors (Lipinski definition) is 1. The first-order valence-corrected chi connectivity index (χ1v) is 7.03. The number of carbonyl (C=O) groups excluding carboxylic acids is 1. The summed E-state index contributed by atoms with van der Waals surface area (Å²) in [6, 6.07) is 0. The van der Waals surface area contributed by atoms with Crippen LogP contribution in [0.15, 0.2) is 0 Å². The predicted molar refractivity (Wildman–Crippen MR) is 81.7 cm³/mol. The van der Waals surface area contributed by atoms with Gasteiger partial charge in [-0.2, -0.15) is 5.10 Å². The summed E-state index contributed by atoms with van der Waals surface area (Å²) in [5, 5.41) is 7.38.